The van der Waals surface area contributed by atoms with Crippen molar-refractivity contribution in [1.82, 2.24) is 19.6 Å². The first-order chi connectivity index (χ1) is 14.0. The minimum absolute atomic E-state index is 0.134. The molecule has 0 spiro atoms. The second-order valence-electron chi connectivity index (χ2n) is 7.14. The standard InChI is InChI=1S/C21H28N4O4/c1-23-11-13-24(14-12-23)19(26)5-4-10-25-20(27)15-18(29-3)21(22-25)16-6-8-17(28-2)9-7-16/h6-9,15H,4-5,10-14H2,1-3H3. The van der Waals surface area contributed by atoms with Gasteiger partial charge in [0.05, 0.1) is 14.2 Å². The summed E-state index contributed by atoms with van der Waals surface area (Å²) in [5.74, 6) is 1.29. The largest absolute Gasteiger partial charge is 0.497 e. The van der Waals surface area contributed by atoms with Crippen molar-refractivity contribution in [3.8, 4) is 22.8 Å². The van der Waals surface area contributed by atoms with Gasteiger partial charge < -0.3 is 19.3 Å². The second-order valence-corrected chi connectivity index (χ2v) is 7.14. The van der Waals surface area contributed by atoms with Crippen LogP contribution in [-0.2, 0) is 11.3 Å². The third-order valence-corrected chi connectivity index (χ3v) is 5.16. The average Bonchev–Trinajstić information content (AvgIpc) is 2.75. The van der Waals surface area contributed by atoms with Crippen LogP contribution in [0.4, 0.5) is 0 Å². The van der Waals surface area contributed by atoms with Gasteiger partial charge in [0.15, 0.2) is 5.75 Å². The predicted octanol–water partition coefficient (Wildman–Crippen LogP) is 1.48. The number of piperazine rings is 1. The van der Waals surface area contributed by atoms with Crippen LogP contribution in [0.15, 0.2) is 35.1 Å². The van der Waals surface area contributed by atoms with E-state index in [4.69, 9.17) is 9.47 Å². The van der Waals surface area contributed by atoms with Crippen LogP contribution in [0.2, 0.25) is 0 Å². The summed E-state index contributed by atoms with van der Waals surface area (Å²) in [6.45, 7) is 3.70. The van der Waals surface area contributed by atoms with Gasteiger partial charge in [0.25, 0.3) is 5.56 Å². The Bertz CT molecular complexity index is 887. The Kier molecular flexibility index (Phi) is 6.87. The molecule has 8 heteroatoms. The van der Waals surface area contributed by atoms with E-state index in [0.29, 0.717) is 30.8 Å². The Hall–Kier alpha value is -2.87. The molecule has 2 aromatic rings. The van der Waals surface area contributed by atoms with Crippen molar-refractivity contribution < 1.29 is 14.3 Å². The van der Waals surface area contributed by atoms with Gasteiger partial charge in [-0.15, -0.1) is 0 Å². The molecule has 1 saturated heterocycles. The Morgan fingerprint density at radius 3 is 2.38 bits per heavy atom. The van der Waals surface area contributed by atoms with Crippen molar-refractivity contribution in [1.29, 1.82) is 0 Å². The normalized spacial score (nSPS) is 14.7. The molecule has 8 nitrogen and oxygen atoms in total. The van der Waals surface area contributed by atoms with Gasteiger partial charge in [0.1, 0.15) is 11.4 Å². The van der Waals surface area contributed by atoms with Crippen LogP contribution < -0.4 is 15.0 Å². The Morgan fingerprint density at radius 2 is 1.76 bits per heavy atom. The highest BCUT2D eigenvalue weighted by molar-refractivity contribution is 5.76. The van der Waals surface area contributed by atoms with Gasteiger partial charge in [0, 0.05) is 50.8 Å². The van der Waals surface area contributed by atoms with Crippen LogP contribution in [0.1, 0.15) is 12.8 Å². The van der Waals surface area contributed by atoms with E-state index in [1.807, 2.05) is 29.2 Å². The number of benzene rings is 1. The summed E-state index contributed by atoms with van der Waals surface area (Å²) in [4.78, 5) is 28.9. The molecule has 156 valence electrons. The SMILES string of the molecule is COc1ccc(-c2nn(CCCC(=O)N3CCN(C)CC3)c(=O)cc2OC)cc1. The highest BCUT2D eigenvalue weighted by atomic mass is 16.5. The molecule has 0 N–H and O–H groups in total. The van der Waals surface area contributed by atoms with Crippen molar-refractivity contribution in [3.05, 3.63) is 40.7 Å². The van der Waals surface area contributed by atoms with Gasteiger partial charge in [-0.2, -0.15) is 5.10 Å². The second kappa shape index (κ2) is 9.56. The number of ether oxygens (including phenoxy) is 2. The zero-order valence-corrected chi connectivity index (χ0v) is 17.3. The number of carbonyl (C=O) groups excluding carboxylic acids is 1. The summed E-state index contributed by atoms with van der Waals surface area (Å²) < 4.78 is 11.9. The fourth-order valence-electron chi connectivity index (χ4n) is 3.33. The molecule has 0 atom stereocenters. The molecule has 3 rings (SSSR count). The maximum Gasteiger partial charge on any atom is 0.270 e. The lowest BCUT2D eigenvalue weighted by molar-refractivity contribution is -0.132. The van der Waals surface area contributed by atoms with Crippen LogP contribution in [-0.4, -0.2) is 72.9 Å². The number of amides is 1. The van der Waals surface area contributed by atoms with Gasteiger partial charge in [-0.3, -0.25) is 9.59 Å². The fourth-order valence-corrected chi connectivity index (χ4v) is 3.33. The summed E-state index contributed by atoms with van der Waals surface area (Å²) in [5, 5.41) is 4.49. The molecule has 0 unspecified atom stereocenters. The predicted molar refractivity (Wildman–Crippen MR) is 110 cm³/mol. The van der Waals surface area contributed by atoms with Crippen LogP contribution in [0.5, 0.6) is 11.5 Å². The smallest absolute Gasteiger partial charge is 0.270 e. The van der Waals surface area contributed by atoms with E-state index < -0.39 is 0 Å². The van der Waals surface area contributed by atoms with E-state index >= 15 is 0 Å². The van der Waals surface area contributed by atoms with Crippen LogP contribution in [0, 0.1) is 0 Å². The monoisotopic (exact) mass is 400 g/mol. The van der Waals surface area contributed by atoms with Gasteiger partial charge >= 0.3 is 0 Å². The molecule has 0 aliphatic carbocycles. The molecule has 2 heterocycles. The number of rotatable bonds is 7. The van der Waals surface area contributed by atoms with E-state index in [-0.39, 0.29) is 11.5 Å². The van der Waals surface area contributed by atoms with Crippen molar-refractivity contribution in [2.45, 2.75) is 19.4 Å². The van der Waals surface area contributed by atoms with Crippen molar-refractivity contribution >= 4 is 5.91 Å². The summed E-state index contributed by atoms with van der Waals surface area (Å²) >= 11 is 0. The lowest BCUT2D eigenvalue weighted by atomic mass is 10.1. The minimum Gasteiger partial charge on any atom is -0.497 e. The number of aryl methyl sites for hydroxylation is 1. The summed E-state index contributed by atoms with van der Waals surface area (Å²) in [7, 11) is 5.18. The van der Waals surface area contributed by atoms with Gasteiger partial charge in [-0.05, 0) is 37.7 Å². The van der Waals surface area contributed by atoms with Crippen LogP contribution in [0.3, 0.4) is 0 Å². The summed E-state index contributed by atoms with van der Waals surface area (Å²) in [6.07, 6.45) is 0.966. The molecular weight excluding hydrogens is 372 g/mol. The van der Waals surface area contributed by atoms with Crippen molar-refractivity contribution in [3.63, 3.8) is 0 Å². The molecule has 29 heavy (non-hydrogen) atoms. The number of likely N-dealkylation sites (N-methyl/N-ethyl adjacent to an activating group) is 1. The molecule has 1 aliphatic rings. The molecule has 1 aromatic carbocycles. The highest BCUT2D eigenvalue weighted by Crippen LogP contribution is 2.27. The zero-order chi connectivity index (χ0) is 20.8. The highest BCUT2D eigenvalue weighted by Gasteiger charge is 2.19. The Morgan fingerprint density at radius 1 is 1.07 bits per heavy atom. The lowest BCUT2D eigenvalue weighted by Crippen LogP contribution is -2.47. The van der Waals surface area contributed by atoms with Crippen LogP contribution in [0.25, 0.3) is 11.3 Å². The molecule has 0 bridgehead atoms. The maximum absolute atomic E-state index is 12.4. The van der Waals surface area contributed by atoms with Gasteiger partial charge in [-0.25, -0.2) is 4.68 Å². The fraction of sp³-hybridized carbons (Fsp3) is 0.476. The third kappa shape index (κ3) is 5.14. The Balaban J connectivity index is 1.69. The van der Waals surface area contributed by atoms with Gasteiger partial charge in [0.2, 0.25) is 5.91 Å². The minimum atomic E-state index is -0.244. The molecule has 1 fully saturated rings. The quantitative estimate of drug-likeness (QED) is 0.701. The number of hydrogen-bond donors (Lipinski definition) is 0. The number of hydrogen-bond acceptors (Lipinski definition) is 6. The van der Waals surface area contributed by atoms with Crippen LogP contribution >= 0.6 is 0 Å². The topological polar surface area (TPSA) is 76.9 Å². The molecule has 0 radical (unpaired) electrons. The molecular formula is C21H28N4O4. The average molecular weight is 400 g/mol. The number of nitrogens with zero attached hydrogens (tertiary/aromatic N) is 4. The first-order valence-corrected chi connectivity index (χ1v) is 9.78. The summed E-state index contributed by atoms with van der Waals surface area (Å²) in [5.41, 5.74) is 1.16. The van der Waals surface area contributed by atoms with Gasteiger partial charge in [-0.1, -0.05) is 0 Å². The molecule has 1 amide bonds. The van der Waals surface area contributed by atoms with E-state index in [1.54, 1.807) is 7.11 Å². The van der Waals surface area contributed by atoms with Crippen molar-refractivity contribution in [2.75, 3.05) is 47.4 Å². The summed E-state index contributed by atoms with van der Waals surface area (Å²) in [6, 6.07) is 8.85. The van der Waals surface area contributed by atoms with E-state index in [1.165, 1.54) is 17.9 Å². The number of carbonyl (C=O) groups is 1. The van der Waals surface area contributed by atoms with Crippen molar-refractivity contribution in [2.24, 2.45) is 0 Å². The third-order valence-electron chi connectivity index (χ3n) is 5.16. The first-order valence-electron chi connectivity index (χ1n) is 9.78. The zero-order valence-electron chi connectivity index (χ0n) is 17.3. The number of aromatic nitrogens is 2. The maximum atomic E-state index is 12.4. The number of methoxy groups -OCH3 is 2. The van der Waals surface area contributed by atoms with E-state index in [2.05, 4.69) is 17.0 Å². The molecule has 0 saturated carbocycles. The lowest BCUT2D eigenvalue weighted by Gasteiger charge is -2.32. The Labute approximate surface area is 170 Å². The molecule has 1 aliphatic heterocycles. The van der Waals surface area contributed by atoms with E-state index in [0.717, 1.165) is 37.5 Å². The molecule has 1 aromatic heterocycles. The first kappa shape index (κ1) is 20.9. The van der Waals surface area contributed by atoms with E-state index in [9.17, 15) is 9.59 Å².